The van der Waals surface area contributed by atoms with E-state index in [2.05, 4.69) is 44.8 Å². The zero-order valence-corrected chi connectivity index (χ0v) is 19.2. The highest BCUT2D eigenvalue weighted by Crippen LogP contribution is 2.46. The van der Waals surface area contributed by atoms with Crippen molar-refractivity contribution >= 4 is 17.3 Å². The number of rotatable bonds is 3. The Morgan fingerprint density at radius 3 is 2.06 bits per heavy atom. The van der Waals surface area contributed by atoms with Crippen molar-refractivity contribution in [3.8, 4) is 0 Å². The number of pyridine rings is 1. The first-order valence-corrected chi connectivity index (χ1v) is 11.2. The monoisotopic (exact) mass is 417 g/mol. The van der Waals surface area contributed by atoms with Crippen LogP contribution in [-0.4, -0.2) is 22.3 Å². The summed E-state index contributed by atoms with van der Waals surface area (Å²) in [4.78, 5) is 42.2. The van der Waals surface area contributed by atoms with Gasteiger partial charge in [0.25, 0.3) is 0 Å². The van der Waals surface area contributed by atoms with E-state index in [0.29, 0.717) is 36.1 Å². The largest absolute Gasteiger partial charge is 0.299 e. The number of aromatic nitrogens is 1. The molecular formula is C27H31NO3. The van der Waals surface area contributed by atoms with Crippen LogP contribution in [0.3, 0.4) is 0 Å². The predicted octanol–water partition coefficient (Wildman–Crippen LogP) is 5.38. The number of carbonyl (C=O) groups is 3. The molecule has 0 amide bonds. The van der Waals surface area contributed by atoms with Crippen LogP contribution in [0, 0.1) is 6.92 Å². The topological polar surface area (TPSA) is 64.1 Å². The molecule has 0 saturated heterocycles. The van der Waals surface area contributed by atoms with Gasteiger partial charge < -0.3 is 0 Å². The lowest BCUT2D eigenvalue weighted by Gasteiger charge is -2.42. The SMILES string of the molecule is Cc1cc2c(cc1C(=O)c1ccc(C3C(=O)CCCC3=O)cn1)C(C)(C)CCC2(C)C. The number of carbonyl (C=O) groups excluding carboxylic acids is 3. The molecule has 1 saturated carbocycles. The Morgan fingerprint density at radius 1 is 0.935 bits per heavy atom. The summed E-state index contributed by atoms with van der Waals surface area (Å²) in [5.41, 5.74) is 5.25. The highest BCUT2D eigenvalue weighted by atomic mass is 16.2. The lowest BCUT2D eigenvalue weighted by Crippen LogP contribution is -2.34. The van der Waals surface area contributed by atoms with Gasteiger partial charge in [-0.2, -0.15) is 0 Å². The number of nitrogens with zero attached hydrogens (tertiary/aromatic N) is 1. The first-order valence-electron chi connectivity index (χ1n) is 11.2. The van der Waals surface area contributed by atoms with Gasteiger partial charge in [-0.3, -0.25) is 19.4 Å². The standard InChI is InChI=1S/C27H31NO3/c1-16-13-19-20(27(4,5)12-11-26(19,2)3)14-18(16)25(31)21-10-9-17(15-28-21)24-22(29)7-6-8-23(24)30/h9-10,13-15,24H,6-8,11-12H2,1-5H3. The van der Waals surface area contributed by atoms with Crippen LogP contribution in [0.25, 0.3) is 0 Å². The second-order valence-corrected chi connectivity index (χ2v) is 10.5. The third-order valence-electron chi connectivity index (χ3n) is 7.29. The second-order valence-electron chi connectivity index (χ2n) is 10.5. The van der Waals surface area contributed by atoms with Crippen LogP contribution in [0.15, 0.2) is 30.5 Å². The average Bonchev–Trinajstić information content (AvgIpc) is 2.71. The number of ketones is 3. The fraction of sp³-hybridized carbons (Fsp3) is 0.481. The van der Waals surface area contributed by atoms with Crippen molar-refractivity contribution in [1.82, 2.24) is 4.98 Å². The van der Waals surface area contributed by atoms with Gasteiger partial charge in [0, 0.05) is 24.6 Å². The van der Waals surface area contributed by atoms with Crippen molar-refractivity contribution in [1.29, 1.82) is 0 Å². The van der Waals surface area contributed by atoms with Gasteiger partial charge in [-0.25, -0.2) is 0 Å². The molecule has 2 aliphatic carbocycles. The van der Waals surface area contributed by atoms with E-state index in [1.165, 1.54) is 17.3 Å². The highest BCUT2D eigenvalue weighted by Gasteiger charge is 2.38. The maximum atomic E-state index is 13.3. The molecule has 4 rings (SSSR count). The van der Waals surface area contributed by atoms with E-state index in [4.69, 9.17) is 0 Å². The van der Waals surface area contributed by atoms with E-state index in [9.17, 15) is 14.4 Å². The zero-order chi connectivity index (χ0) is 22.6. The molecular weight excluding hydrogens is 386 g/mol. The molecule has 0 radical (unpaired) electrons. The molecule has 4 heteroatoms. The van der Waals surface area contributed by atoms with Crippen molar-refractivity contribution < 1.29 is 14.4 Å². The Hall–Kier alpha value is -2.62. The number of hydrogen-bond acceptors (Lipinski definition) is 4. The number of Topliss-reactive ketones (excluding diaryl/α,β-unsaturated/α-hetero) is 2. The number of benzene rings is 1. The molecule has 2 aromatic rings. The molecule has 0 aliphatic heterocycles. The maximum absolute atomic E-state index is 13.3. The van der Waals surface area contributed by atoms with E-state index in [1.54, 1.807) is 12.1 Å². The first kappa shape index (κ1) is 21.6. The molecule has 162 valence electrons. The molecule has 1 aromatic carbocycles. The van der Waals surface area contributed by atoms with Crippen LogP contribution in [0.5, 0.6) is 0 Å². The van der Waals surface area contributed by atoms with Crippen LogP contribution in [-0.2, 0) is 20.4 Å². The molecule has 0 unspecified atom stereocenters. The number of hydrogen-bond donors (Lipinski definition) is 0. The molecule has 4 nitrogen and oxygen atoms in total. The van der Waals surface area contributed by atoms with Crippen LogP contribution in [0.2, 0.25) is 0 Å². The van der Waals surface area contributed by atoms with Crippen molar-refractivity contribution in [3.63, 3.8) is 0 Å². The molecule has 0 spiro atoms. The normalized spacial score (nSPS) is 20.4. The van der Waals surface area contributed by atoms with Crippen molar-refractivity contribution in [2.24, 2.45) is 0 Å². The van der Waals surface area contributed by atoms with E-state index in [-0.39, 0.29) is 28.2 Å². The summed E-state index contributed by atoms with van der Waals surface area (Å²) in [6, 6.07) is 7.61. The van der Waals surface area contributed by atoms with Crippen LogP contribution in [0.4, 0.5) is 0 Å². The summed E-state index contributed by atoms with van der Waals surface area (Å²) >= 11 is 0. The summed E-state index contributed by atoms with van der Waals surface area (Å²) in [6.45, 7) is 11.0. The van der Waals surface area contributed by atoms with Gasteiger partial charge in [-0.1, -0.05) is 39.8 Å². The summed E-state index contributed by atoms with van der Waals surface area (Å²) in [7, 11) is 0. The minimum atomic E-state index is -0.723. The Balaban J connectivity index is 1.69. The van der Waals surface area contributed by atoms with Gasteiger partial charge in [-0.15, -0.1) is 0 Å². The third-order valence-corrected chi connectivity index (χ3v) is 7.29. The quantitative estimate of drug-likeness (QED) is 0.497. The average molecular weight is 418 g/mol. The molecule has 1 heterocycles. The van der Waals surface area contributed by atoms with Crippen molar-refractivity contribution in [2.75, 3.05) is 0 Å². The molecule has 2 aliphatic rings. The maximum Gasteiger partial charge on any atom is 0.211 e. The molecule has 0 N–H and O–H groups in total. The van der Waals surface area contributed by atoms with E-state index in [1.807, 2.05) is 6.92 Å². The van der Waals surface area contributed by atoms with Gasteiger partial charge in [0.05, 0.1) is 0 Å². The predicted molar refractivity (Wildman–Crippen MR) is 121 cm³/mol. The van der Waals surface area contributed by atoms with E-state index >= 15 is 0 Å². The first-order chi connectivity index (χ1) is 14.5. The third kappa shape index (κ3) is 3.77. The Bertz CT molecular complexity index is 1060. The fourth-order valence-corrected chi connectivity index (χ4v) is 5.09. The van der Waals surface area contributed by atoms with E-state index < -0.39 is 5.92 Å². The van der Waals surface area contributed by atoms with Gasteiger partial charge in [-0.05, 0) is 71.4 Å². The molecule has 1 aromatic heterocycles. The van der Waals surface area contributed by atoms with Crippen LogP contribution >= 0.6 is 0 Å². The van der Waals surface area contributed by atoms with E-state index in [0.717, 1.165) is 18.4 Å². The summed E-state index contributed by atoms with van der Waals surface area (Å²) in [6.07, 6.45) is 5.22. The van der Waals surface area contributed by atoms with Gasteiger partial charge in [0.1, 0.15) is 23.2 Å². The summed E-state index contributed by atoms with van der Waals surface area (Å²) in [5.74, 6) is -0.939. The lowest BCUT2D eigenvalue weighted by atomic mass is 9.62. The number of fused-ring (bicyclic) bond motifs is 1. The fourth-order valence-electron chi connectivity index (χ4n) is 5.09. The van der Waals surface area contributed by atoms with Crippen LogP contribution in [0.1, 0.15) is 104 Å². The second kappa shape index (κ2) is 7.51. The van der Waals surface area contributed by atoms with Gasteiger partial charge in [0.15, 0.2) is 0 Å². The summed E-state index contributed by atoms with van der Waals surface area (Å²) < 4.78 is 0. The van der Waals surface area contributed by atoms with Crippen LogP contribution < -0.4 is 0 Å². The summed E-state index contributed by atoms with van der Waals surface area (Å²) in [5, 5.41) is 0. The Kier molecular flexibility index (Phi) is 5.23. The molecule has 1 fully saturated rings. The lowest BCUT2D eigenvalue weighted by molar-refractivity contribution is -0.131. The molecule has 31 heavy (non-hydrogen) atoms. The Morgan fingerprint density at radius 2 is 1.52 bits per heavy atom. The highest BCUT2D eigenvalue weighted by molar-refractivity contribution is 6.10. The van der Waals surface area contributed by atoms with Crippen molar-refractivity contribution in [3.05, 3.63) is 64.0 Å². The number of aryl methyl sites for hydroxylation is 1. The smallest absolute Gasteiger partial charge is 0.211 e. The molecule has 0 bridgehead atoms. The van der Waals surface area contributed by atoms with Gasteiger partial charge in [0.2, 0.25) is 5.78 Å². The zero-order valence-electron chi connectivity index (χ0n) is 19.2. The Labute approximate surface area is 184 Å². The minimum absolute atomic E-state index is 0.0204. The minimum Gasteiger partial charge on any atom is -0.299 e. The van der Waals surface area contributed by atoms with Gasteiger partial charge >= 0.3 is 0 Å². The van der Waals surface area contributed by atoms with Crippen molar-refractivity contribution in [2.45, 2.75) is 83.5 Å². The molecule has 0 atom stereocenters.